The molecule has 6 heteroatoms. The summed E-state index contributed by atoms with van der Waals surface area (Å²) in [7, 11) is 0. The van der Waals surface area contributed by atoms with Crippen molar-refractivity contribution in [1.82, 2.24) is 9.88 Å². The summed E-state index contributed by atoms with van der Waals surface area (Å²) in [6.45, 7) is 0.0835. The average molecular weight is 308 g/mol. The normalized spacial score (nSPS) is 19.4. The molecule has 0 spiro atoms. The van der Waals surface area contributed by atoms with Gasteiger partial charge in [0, 0.05) is 24.7 Å². The van der Waals surface area contributed by atoms with E-state index in [1.807, 2.05) is 12.1 Å². The summed E-state index contributed by atoms with van der Waals surface area (Å²) < 4.78 is 38.6. The summed E-state index contributed by atoms with van der Waals surface area (Å²) in [6, 6.07) is 8.76. The van der Waals surface area contributed by atoms with E-state index in [-0.39, 0.29) is 18.9 Å². The van der Waals surface area contributed by atoms with Crippen LogP contribution in [0.3, 0.4) is 0 Å². The number of hydrogen-bond donors (Lipinski definition) is 0. The number of benzene rings is 1. The van der Waals surface area contributed by atoms with Crippen LogP contribution in [0.5, 0.6) is 0 Å². The van der Waals surface area contributed by atoms with Gasteiger partial charge in [0.1, 0.15) is 0 Å². The average Bonchev–Trinajstić information content (AvgIpc) is 2.53. The molecular weight excluding hydrogens is 293 g/mol. The molecule has 22 heavy (non-hydrogen) atoms. The van der Waals surface area contributed by atoms with Gasteiger partial charge in [0.15, 0.2) is 0 Å². The maximum absolute atomic E-state index is 12.9. The van der Waals surface area contributed by atoms with E-state index < -0.39 is 12.1 Å². The number of para-hydroxylation sites is 1. The van der Waals surface area contributed by atoms with Crippen molar-refractivity contribution in [2.75, 3.05) is 13.1 Å². The van der Waals surface area contributed by atoms with Crippen molar-refractivity contribution in [3.8, 4) is 0 Å². The van der Waals surface area contributed by atoms with Gasteiger partial charge < -0.3 is 4.90 Å². The highest BCUT2D eigenvalue weighted by atomic mass is 19.4. The van der Waals surface area contributed by atoms with Gasteiger partial charge in [-0.15, -0.1) is 0 Å². The molecule has 1 unspecified atom stereocenters. The number of halogens is 3. The highest BCUT2D eigenvalue weighted by Crippen LogP contribution is 2.33. The lowest BCUT2D eigenvalue weighted by molar-refractivity contribution is -0.184. The quantitative estimate of drug-likeness (QED) is 0.805. The number of hydrogen-bond acceptors (Lipinski definition) is 2. The van der Waals surface area contributed by atoms with Crippen LogP contribution >= 0.6 is 0 Å². The topological polar surface area (TPSA) is 33.2 Å². The van der Waals surface area contributed by atoms with Gasteiger partial charge in [0.25, 0.3) is 5.91 Å². The van der Waals surface area contributed by atoms with E-state index >= 15 is 0 Å². The molecule has 0 radical (unpaired) electrons. The zero-order chi connectivity index (χ0) is 15.7. The van der Waals surface area contributed by atoms with Gasteiger partial charge >= 0.3 is 6.18 Å². The van der Waals surface area contributed by atoms with E-state index in [1.165, 1.54) is 4.90 Å². The van der Waals surface area contributed by atoms with E-state index in [0.29, 0.717) is 24.0 Å². The van der Waals surface area contributed by atoms with E-state index in [0.717, 1.165) is 5.39 Å². The summed E-state index contributed by atoms with van der Waals surface area (Å²) in [6.07, 6.45) is -2.22. The van der Waals surface area contributed by atoms with Crippen LogP contribution in [0.1, 0.15) is 23.2 Å². The first-order valence-electron chi connectivity index (χ1n) is 7.16. The number of amides is 1. The first-order chi connectivity index (χ1) is 10.5. The first-order valence-corrected chi connectivity index (χ1v) is 7.16. The lowest BCUT2D eigenvalue weighted by Gasteiger charge is -2.33. The second kappa shape index (κ2) is 5.59. The molecule has 1 aliphatic heterocycles. The lowest BCUT2D eigenvalue weighted by atomic mass is 9.96. The Hall–Kier alpha value is -2.11. The van der Waals surface area contributed by atoms with Gasteiger partial charge in [0.05, 0.1) is 17.0 Å². The maximum Gasteiger partial charge on any atom is 0.393 e. The maximum atomic E-state index is 12.9. The van der Waals surface area contributed by atoms with Crippen molar-refractivity contribution in [1.29, 1.82) is 0 Å². The van der Waals surface area contributed by atoms with Crippen molar-refractivity contribution in [2.45, 2.75) is 19.0 Å². The zero-order valence-electron chi connectivity index (χ0n) is 11.8. The Morgan fingerprint density at radius 1 is 1.23 bits per heavy atom. The summed E-state index contributed by atoms with van der Waals surface area (Å²) in [5, 5.41) is 0.803. The van der Waals surface area contributed by atoms with Gasteiger partial charge in [-0.3, -0.25) is 9.78 Å². The largest absolute Gasteiger partial charge is 0.393 e. The molecule has 1 amide bonds. The van der Waals surface area contributed by atoms with Crippen molar-refractivity contribution >= 4 is 16.8 Å². The van der Waals surface area contributed by atoms with Crippen molar-refractivity contribution < 1.29 is 18.0 Å². The lowest BCUT2D eigenvalue weighted by Crippen LogP contribution is -2.44. The fourth-order valence-corrected chi connectivity index (χ4v) is 2.88. The Kier molecular flexibility index (Phi) is 3.76. The van der Waals surface area contributed by atoms with Crippen LogP contribution in [0.4, 0.5) is 13.2 Å². The Bertz CT molecular complexity index is 694. The molecule has 1 aliphatic rings. The minimum absolute atomic E-state index is 0.0844. The van der Waals surface area contributed by atoms with Crippen molar-refractivity contribution in [2.24, 2.45) is 5.92 Å². The Morgan fingerprint density at radius 3 is 2.77 bits per heavy atom. The minimum Gasteiger partial charge on any atom is -0.338 e. The fourth-order valence-electron chi connectivity index (χ4n) is 2.88. The number of rotatable bonds is 1. The SMILES string of the molecule is O=C(c1cccc2cccnc12)N1CCCC(C(F)(F)F)C1. The van der Waals surface area contributed by atoms with Crippen LogP contribution < -0.4 is 0 Å². The van der Waals surface area contributed by atoms with Crippen LogP contribution in [0.25, 0.3) is 10.9 Å². The predicted octanol–water partition coefficient (Wildman–Crippen LogP) is 3.65. The first kappa shape index (κ1) is 14.8. The fraction of sp³-hybridized carbons (Fsp3) is 0.375. The number of nitrogens with zero attached hydrogens (tertiary/aromatic N) is 2. The van der Waals surface area contributed by atoms with E-state index in [4.69, 9.17) is 0 Å². The molecule has 2 aromatic rings. The third kappa shape index (κ3) is 2.77. The third-order valence-corrected chi connectivity index (χ3v) is 4.03. The smallest absolute Gasteiger partial charge is 0.338 e. The van der Waals surface area contributed by atoms with Crippen LogP contribution in [0.2, 0.25) is 0 Å². The predicted molar refractivity (Wildman–Crippen MR) is 76.4 cm³/mol. The monoisotopic (exact) mass is 308 g/mol. The van der Waals surface area contributed by atoms with Crippen molar-refractivity contribution in [3.05, 3.63) is 42.1 Å². The van der Waals surface area contributed by atoms with Gasteiger partial charge in [-0.25, -0.2) is 0 Å². The molecule has 116 valence electrons. The van der Waals surface area contributed by atoms with Gasteiger partial charge in [-0.05, 0) is 25.0 Å². The highest BCUT2D eigenvalue weighted by molar-refractivity contribution is 6.05. The van der Waals surface area contributed by atoms with Crippen LogP contribution in [-0.2, 0) is 0 Å². The number of pyridine rings is 1. The van der Waals surface area contributed by atoms with Gasteiger partial charge in [0.2, 0.25) is 0 Å². The Morgan fingerprint density at radius 2 is 2.00 bits per heavy atom. The summed E-state index contributed by atoms with van der Waals surface area (Å²) in [5.41, 5.74) is 0.894. The second-order valence-electron chi connectivity index (χ2n) is 5.51. The number of piperidine rings is 1. The molecule has 1 fully saturated rings. The summed E-state index contributed by atoms with van der Waals surface area (Å²) in [5.74, 6) is -1.81. The van der Waals surface area contributed by atoms with Gasteiger partial charge in [-0.1, -0.05) is 18.2 Å². The minimum atomic E-state index is -4.25. The number of carbonyl (C=O) groups is 1. The van der Waals surface area contributed by atoms with Gasteiger partial charge in [-0.2, -0.15) is 13.2 Å². The number of likely N-dealkylation sites (tertiary alicyclic amines) is 1. The van der Waals surface area contributed by atoms with E-state index in [2.05, 4.69) is 4.98 Å². The molecule has 0 aliphatic carbocycles. The molecule has 1 saturated heterocycles. The molecule has 0 bridgehead atoms. The number of carbonyl (C=O) groups excluding carboxylic acids is 1. The molecule has 0 N–H and O–H groups in total. The van der Waals surface area contributed by atoms with Crippen molar-refractivity contribution in [3.63, 3.8) is 0 Å². The number of aromatic nitrogens is 1. The molecule has 1 aromatic heterocycles. The standard InChI is InChI=1S/C16H15F3N2O/c17-16(18,19)12-6-3-9-21(10-12)15(22)13-7-1-4-11-5-2-8-20-14(11)13/h1-2,4-5,7-8,12H,3,6,9-10H2. The van der Waals surface area contributed by atoms with Crippen LogP contribution in [0, 0.1) is 5.92 Å². The molecule has 3 nitrogen and oxygen atoms in total. The second-order valence-corrected chi connectivity index (χ2v) is 5.51. The molecule has 0 saturated carbocycles. The third-order valence-electron chi connectivity index (χ3n) is 4.03. The zero-order valence-corrected chi connectivity index (χ0v) is 11.8. The highest BCUT2D eigenvalue weighted by Gasteiger charge is 2.42. The Labute approximate surface area is 125 Å². The van der Waals surface area contributed by atoms with E-state index in [9.17, 15) is 18.0 Å². The molecule has 3 rings (SSSR count). The molecule has 1 aromatic carbocycles. The summed E-state index contributed by atoms with van der Waals surface area (Å²) >= 11 is 0. The summed E-state index contributed by atoms with van der Waals surface area (Å²) in [4.78, 5) is 18.1. The number of fused-ring (bicyclic) bond motifs is 1. The Balaban J connectivity index is 1.90. The number of alkyl halides is 3. The van der Waals surface area contributed by atoms with Crippen LogP contribution in [0.15, 0.2) is 36.5 Å². The molecule has 1 atom stereocenters. The van der Waals surface area contributed by atoms with Crippen LogP contribution in [-0.4, -0.2) is 35.1 Å². The van der Waals surface area contributed by atoms with E-state index in [1.54, 1.807) is 24.4 Å². The molecule has 2 heterocycles. The molecular formula is C16H15F3N2O.